The number of hydrogen-bond donors (Lipinski definition) is 1. The molecule has 0 aliphatic carbocycles. The third-order valence-corrected chi connectivity index (χ3v) is 8.82. The molecule has 0 amide bonds. The van der Waals surface area contributed by atoms with Crippen molar-refractivity contribution in [3.8, 4) is 59.4 Å². The molecule has 0 atom stereocenters. The van der Waals surface area contributed by atoms with E-state index < -0.39 is 0 Å². The van der Waals surface area contributed by atoms with Crippen molar-refractivity contribution >= 4 is 11.1 Å². The predicted molar refractivity (Wildman–Crippen MR) is 239 cm³/mol. The van der Waals surface area contributed by atoms with Gasteiger partial charge in [0.25, 0.3) is 0 Å². The van der Waals surface area contributed by atoms with Gasteiger partial charge in [0.2, 0.25) is 0 Å². The fourth-order valence-electron chi connectivity index (χ4n) is 6.16. The summed E-state index contributed by atoms with van der Waals surface area (Å²) in [5, 5.41) is 11.1. The standard InChI is InChI=1S/C49H48O2.2C2H2/c1-5-8-9-12-23-41-25-17-30-46(48(41)50)44-28-16-26-42(36-44)40(7-3)24-14-21-38(19-6-2)32-33-39-22-15-27-43(35-39)47-31-18-29-45-37(4)20-11-10-13-34-51-49(45)47;2*1-2/h5-9,11-20,22,24-32,34-36,50H,4,10,21,23,33H2,1-3H3;2*1-2H/b8-5-,12-9-,19-6-,20-11?,24-14-,34-13-,38-32+,40-7+;;. The lowest BCUT2D eigenvalue weighted by Gasteiger charge is -2.14. The summed E-state index contributed by atoms with van der Waals surface area (Å²) in [6.45, 7) is 10.4. The van der Waals surface area contributed by atoms with Crippen molar-refractivity contribution in [2.24, 2.45) is 0 Å². The molecule has 1 N–H and O–H groups in total. The molecular formula is C53H52O2. The number of ether oxygens (including phenoxy) is 1. The first-order valence-corrected chi connectivity index (χ1v) is 18.4. The van der Waals surface area contributed by atoms with Crippen molar-refractivity contribution in [2.75, 3.05) is 0 Å². The van der Waals surface area contributed by atoms with E-state index in [2.05, 4.69) is 168 Å². The number of rotatable bonds is 12. The summed E-state index contributed by atoms with van der Waals surface area (Å²) in [6, 6.07) is 29.4. The summed E-state index contributed by atoms with van der Waals surface area (Å²) < 4.78 is 6.17. The van der Waals surface area contributed by atoms with Gasteiger partial charge >= 0.3 is 0 Å². The van der Waals surface area contributed by atoms with Crippen molar-refractivity contribution in [1.29, 1.82) is 0 Å². The first-order valence-electron chi connectivity index (χ1n) is 18.4. The summed E-state index contributed by atoms with van der Waals surface area (Å²) in [7, 11) is 0. The molecule has 2 nitrogen and oxygen atoms in total. The summed E-state index contributed by atoms with van der Waals surface area (Å²) >= 11 is 0. The molecule has 0 spiro atoms. The molecule has 276 valence electrons. The van der Waals surface area contributed by atoms with Gasteiger partial charge in [0.1, 0.15) is 11.5 Å². The molecule has 0 unspecified atom stereocenters. The third-order valence-electron chi connectivity index (χ3n) is 8.82. The zero-order valence-electron chi connectivity index (χ0n) is 32.4. The highest BCUT2D eigenvalue weighted by atomic mass is 16.5. The SMILES string of the molecule is C#C.C#C.C=C1C=CC/C=C\Oc2c1cccc2-c1cccc(C/C=C(\C=C/C)C/C=C\C(=C/C)c2cccc(-c3cccc(C/C=C\C=C/C)c3O)c2)c1. The summed E-state index contributed by atoms with van der Waals surface area (Å²) in [5.74, 6) is 1.17. The Hall–Kier alpha value is -6.74. The van der Waals surface area contributed by atoms with Crippen LogP contribution < -0.4 is 4.74 Å². The van der Waals surface area contributed by atoms with E-state index in [-0.39, 0.29) is 0 Å². The number of phenols is 1. The fourth-order valence-corrected chi connectivity index (χ4v) is 6.16. The predicted octanol–water partition coefficient (Wildman–Crippen LogP) is 13.9. The third kappa shape index (κ3) is 12.4. The lowest BCUT2D eigenvalue weighted by molar-refractivity contribution is 0.472. The molecular weight excluding hydrogens is 669 g/mol. The van der Waals surface area contributed by atoms with Crippen LogP contribution in [0.2, 0.25) is 0 Å². The Labute approximate surface area is 330 Å². The molecule has 0 fully saturated rings. The van der Waals surface area contributed by atoms with Crippen LogP contribution in [0, 0.1) is 25.7 Å². The van der Waals surface area contributed by atoms with Gasteiger partial charge in [0.15, 0.2) is 0 Å². The van der Waals surface area contributed by atoms with Crippen LogP contribution in [0.5, 0.6) is 11.5 Å². The molecule has 0 radical (unpaired) electrons. The minimum absolute atomic E-state index is 0.335. The molecule has 1 aliphatic heterocycles. The minimum Gasteiger partial charge on any atom is -0.507 e. The minimum atomic E-state index is 0.335. The van der Waals surface area contributed by atoms with E-state index in [0.29, 0.717) is 12.2 Å². The highest BCUT2D eigenvalue weighted by molar-refractivity contribution is 5.84. The average Bonchev–Trinajstić information content (AvgIpc) is 3.32. The van der Waals surface area contributed by atoms with Gasteiger partial charge in [-0.25, -0.2) is 0 Å². The molecule has 4 aromatic carbocycles. The molecule has 1 aliphatic rings. The van der Waals surface area contributed by atoms with Crippen LogP contribution in [0.4, 0.5) is 0 Å². The van der Waals surface area contributed by atoms with Crippen LogP contribution >= 0.6 is 0 Å². The largest absolute Gasteiger partial charge is 0.507 e. The topological polar surface area (TPSA) is 29.5 Å². The van der Waals surface area contributed by atoms with Crippen molar-refractivity contribution in [2.45, 2.75) is 46.5 Å². The van der Waals surface area contributed by atoms with Gasteiger partial charge in [-0.2, -0.15) is 0 Å². The second-order valence-corrected chi connectivity index (χ2v) is 12.4. The highest BCUT2D eigenvalue weighted by Crippen LogP contribution is 2.38. The average molecular weight is 721 g/mol. The lowest BCUT2D eigenvalue weighted by Crippen LogP contribution is -1.93. The number of benzene rings is 4. The molecule has 1 heterocycles. The maximum atomic E-state index is 11.1. The van der Waals surface area contributed by atoms with Gasteiger partial charge in [-0.1, -0.05) is 158 Å². The lowest BCUT2D eigenvalue weighted by atomic mass is 9.95. The van der Waals surface area contributed by atoms with Gasteiger partial charge in [0.05, 0.1) is 6.26 Å². The van der Waals surface area contributed by atoms with E-state index in [1.165, 1.54) is 11.1 Å². The number of aromatic hydroxyl groups is 1. The number of phenolic OH excluding ortho intramolecular Hbond substituents is 1. The Kier molecular flexibility index (Phi) is 18.4. The highest BCUT2D eigenvalue weighted by Gasteiger charge is 2.14. The molecule has 5 rings (SSSR count). The fraction of sp³-hybridized carbons (Fsp3) is 0.132. The Morgan fingerprint density at radius 3 is 2.22 bits per heavy atom. The van der Waals surface area contributed by atoms with Crippen LogP contribution in [0.25, 0.3) is 33.4 Å². The van der Waals surface area contributed by atoms with E-state index in [0.717, 1.165) is 75.1 Å². The quantitative estimate of drug-likeness (QED) is 0.117. The van der Waals surface area contributed by atoms with E-state index in [4.69, 9.17) is 4.74 Å². The Balaban J connectivity index is 0.00000196. The second-order valence-electron chi connectivity index (χ2n) is 12.4. The molecule has 55 heavy (non-hydrogen) atoms. The Morgan fingerprint density at radius 2 is 1.45 bits per heavy atom. The zero-order chi connectivity index (χ0) is 39.8. The first-order chi connectivity index (χ1) is 27.0. The van der Waals surface area contributed by atoms with Gasteiger partial charge in [0, 0.05) is 16.7 Å². The number of fused-ring (bicyclic) bond motifs is 1. The van der Waals surface area contributed by atoms with Crippen LogP contribution in [0.15, 0.2) is 182 Å². The van der Waals surface area contributed by atoms with Gasteiger partial charge in [-0.15, -0.1) is 25.7 Å². The van der Waals surface area contributed by atoms with E-state index >= 15 is 0 Å². The van der Waals surface area contributed by atoms with Crippen molar-refractivity contribution in [3.05, 3.63) is 205 Å². The monoisotopic (exact) mass is 720 g/mol. The smallest absolute Gasteiger partial charge is 0.142 e. The first kappa shape index (κ1) is 42.7. The molecule has 4 aromatic rings. The number of hydrogen-bond acceptors (Lipinski definition) is 2. The van der Waals surface area contributed by atoms with E-state index in [9.17, 15) is 5.11 Å². The Morgan fingerprint density at radius 1 is 0.745 bits per heavy atom. The van der Waals surface area contributed by atoms with Gasteiger partial charge in [-0.05, 0) is 103 Å². The maximum Gasteiger partial charge on any atom is 0.142 e. The number of allylic oxidation sites excluding steroid dienone is 16. The molecule has 2 heteroatoms. The van der Waals surface area contributed by atoms with Crippen LogP contribution in [-0.2, 0) is 12.8 Å². The van der Waals surface area contributed by atoms with Crippen molar-refractivity contribution in [3.63, 3.8) is 0 Å². The summed E-state index contributed by atoms with van der Waals surface area (Å²) in [6.07, 6.45) is 48.3. The van der Waals surface area contributed by atoms with Crippen LogP contribution in [-0.4, -0.2) is 5.11 Å². The Bertz CT molecular complexity index is 2160. The second kappa shape index (κ2) is 23.7. The number of terminal acetylenes is 2. The molecule has 0 aromatic heterocycles. The molecule has 0 saturated carbocycles. The molecule has 0 saturated heterocycles. The van der Waals surface area contributed by atoms with Gasteiger partial charge in [-0.3, -0.25) is 0 Å². The maximum absolute atomic E-state index is 11.1. The van der Waals surface area contributed by atoms with E-state index in [1.54, 1.807) is 6.26 Å². The summed E-state index contributed by atoms with van der Waals surface area (Å²) in [4.78, 5) is 0. The normalized spacial score (nSPS) is 13.6. The van der Waals surface area contributed by atoms with Gasteiger partial charge < -0.3 is 9.84 Å². The van der Waals surface area contributed by atoms with Crippen molar-refractivity contribution in [1.82, 2.24) is 0 Å². The molecule has 0 bridgehead atoms. The summed E-state index contributed by atoms with van der Waals surface area (Å²) in [5.41, 5.74) is 11.6. The zero-order valence-corrected chi connectivity index (χ0v) is 32.4. The van der Waals surface area contributed by atoms with Crippen LogP contribution in [0.3, 0.4) is 0 Å². The van der Waals surface area contributed by atoms with Crippen molar-refractivity contribution < 1.29 is 9.84 Å². The van der Waals surface area contributed by atoms with Crippen LogP contribution in [0.1, 0.15) is 55.9 Å². The van der Waals surface area contributed by atoms with E-state index in [1.807, 2.05) is 49.4 Å². The number of para-hydroxylation sites is 2.